The van der Waals surface area contributed by atoms with Crippen LogP contribution in [0.25, 0.3) is 0 Å². The highest BCUT2D eigenvalue weighted by atomic mass is 19.1. The lowest BCUT2D eigenvalue weighted by atomic mass is 9.92. The summed E-state index contributed by atoms with van der Waals surface area (Å²) in [5, 5.41) is 0. The first-order valence-corrected chi connectivity index (χ1v) is 6.02. The maximum Gasteiger partial charge on any atom is 0.142 e. The number of Topliss-reactive ketones (excluding diaryl/α,β-unsaturated/α-hetero) is 1. The van der Waals surface area contributed by atoms with Gasteiger partial charge in [-0.3, -0.25) is 4.79 Å². The van der Waals surface area contributed by atoms with Gasteiger partial charge in [-0.2, -0.15) is 0 Å². The Morgan fingerprint density at radius 1 is 1.53 bits per heavy atom. The summed E-state index contributed by atoms with van der Waals surface area (Å²) < 4.78 is 18.4. The molecule has 1 heterocycles. The third-order valence-electron chi connectivity index (χ3n) is 3.29. The Morgan fingerprint density at radius 2 is 2.35 bits per heavy atom. The van der Waals surface area contributed by atoms with Gasteiger partial charge in [0, 0.05) is 18.9 Å². The van der Waals surface area contributed by atoms with Crippen LogP contribution in [-0.4, -0.2) is 19.0 Å². The number of halogens is 1. The molecule has 17 heavy (non-hydrogen) atoms. The van der Waals surface area contributed by atoms with E-state index in [0.717, 1.165) is 30.6 Å². The fourth-order valence-corrected chi connectivity index (χ4v) is 2.16. The van der Waals surface area contributed by atoms with E-state index in [1.807, 2.05) is 6.92 Å². The van der Waals surface area contributed by atoms with Crippen LogP contribution < -0.4 is 0 Å². The average molecular weight is 236 g/mol. The van der Waals surface area contributed by atoms with Crippen LogP contribution in [0, 0.1) is 18.7 Å². The zero-order valence-corrected chi connectivity index (χ0v) is 10.0. The molecule has 0 radical (unpaired) electrons. The van der Waals surface area contributed by atoms with Crippen LogP contribution in [0.15, 0.2) is 18.2 Å². The zero-order valence-electron chi connectivity index (χ0n) is 10.0. The fourth-order valence-electron chi connectivity index (χ4n) is 2.16. The Morgan fingerprint density at radius 3 is 3.06 bits per heavy atom. The van der Waals surface area contributed by atoms with Crippen molar-refractivity contribution in [3.05, 3.63) is 35.1 Å². The summed E-state index contributed by atoms with van der Waals surface area (Å²) in [6.45, 7) is 3.18. The highest BCUT2D eigenvalue weighted by Crippen LogP contribution is 2.18. The van der Waals surface area contributed by atoms with E-state index in [1.165, 1.54) is 12.1 Å². The standard InChI is InChI=1S/C14H17FO2/c1-10-4-5-13(15)7-12(10)8-14(16)11-3-2-6-17-9-11/h4-5,7,11H,2-3,6,8-9H2,1H3. The SMILES string of the molecule is Cc1ccc(F)cc1CC(=O)C1CCCOC1. The molecule has 1 saturated heterocycles. The summed E-state index contributed by atoms with van der Waals surface area (Å²) in [5.74, 6) is -0.122. The van der Waals surface area contributed by atoms with Gasteiger partial charge in [0.1, 0.15) is 11.6 Å². The van der Waals surface area contributed by atoms with E-state index >= 15 is 0 Å². The van der Waals surface area contributed by atoms with Gasteiger partial charge in [0.25, 0.3) is 0 Å². The smallest absolute Gasteiger partial charge is 0.142 e. The van der Waals surface area contributed by atoms with Gasteiger partial charge < -0.3 is 4.74 Å². The molecule has 1 unspecified atom stereocenters. The summed E-state index contributed by atoms with van der Waals surface area (Å²) in [4.78, 5) is 12.0. The molecule has 1 atom stereocenters. The van der Waals surface area contributed by atoms with Gasteiger partial charge in [-0.1, -0.05) is 6.07 Å². The number of carbonyl (C=O) groups is 1. The minimum Gasteiger partial charge on any atom is -0.381 e. The number of benzene rings is 1. The van der Waals surface area contributed by atoms with E-state index in [0.29, 0.717) is 13.0 Å². The molecule has 1 aliphatic rings. The Hall–Kier alpha value is -1.22. The molecule has 2 nitrogen and oxygen atoms in total. The molecule has 2 rings (SSSR count). The summed E-state index contributed by atoms with van der Waals surface area (Å²) in [7, 11) is 0. The largest absolute Gasteiger partial charge is 0.381 e. The Kier molecular flexibility index (Phi) is 3.89. The minimum atomic E-state index is -0.279. The molecule has 0 aliphatic carbocycles. The second-order valence-electron chi connectivity index (χ2n) is 4.63. The van der Waals surface area contributed by atoms with Crippen molar-refractivity contribution in [2.45, 2.75) is 26.2 Å². The minimum absolute atomic E-state index is 0.00795. The van der Waals surface area contributed by atoms with Crippen molar-refractivity contribution < 1.29 is 13.9 Å². The molecule has 1 fully saturated rings. The lowest BCUT2D eigenvalue weighted by molar-refractivity contribution is -0.126. The van der Waals surface area contributed by atoms with E-state index in [-0.39, 0.29) is 17.5 Å². The number of rotatable bonds is 3. The highest BCUT2D eigenvalue weighted by Gasteiger charge is 2.22. The second-order valence-corrected chi connectivity index (χ2v) is 4.63. The van der Waals surface area contributed by atoms with Gasteiger partial charge >= 0.3 is 0 Å². The lowest BCUT2D eigenvalue weighted by Crippen LogP contribution is -2.26. The van der Waals surface area contributed by atoms with Gasteiger partial charge in [-0.05, 0) is 43.0 Å². The van der Waals surface area contributed by atoms with Crippen molar-refractivity contribution in [2.75, 3.05) is 13.2 Å². The molecule has 92 valence electrons. The molecule has 3 heteroatoms. The Bertz CT molecular complexity index is 409. The monoisotopic (exact) mass is 236 g/mol. The van der Waals surface area contributed by atoms with Crippen LogP contribution in [0.5, 0.6) is 0 Å². The van der Waals surface area contributed by atoms with Crippen LogP contribution in [0.3, 0.4) is 0 Å². The molecule has 1 aliphatic heterocycles. The van der Waals surface area contributed by atoms with Crippen molar-refractivity contribution >= 4 is 5.78 Å². The van der Waals surface area contributed by atoms with E-state index in [1.54, 1.807) is 6.07 Å². The molecule has 0 spiro atoms. The van der Waals surface area contributed by atoms with Gasteiger partial charge in [-0.15, -0.1) is 0 Å². The quantitative estimate of drug-likeness (QED) is 0.806. The topological polar surface area (TPSA) is 26.3 Å². The van der Waals surface area contributed by atoms with Crippen molar-refractivity contribution in [3.8, 4) is 0 Å². The van der Waals surface area contributed by atoms with Gasteiger partial charge in [0.2, 0.25) is 0 Å². The fraction of sp³-hybridized carbons (Fsp3) is 0.500. The molecule has 1 aromatic carbocycles. The highest BCUT2D eigenvalue weighted by molar-refractivity contribution is 5.83. The summed E-state index contributed by atoms with van der Waals surface area (Å²) >= 11 is 0. The summed E-state index contributed by atoms with van der Waals surface area (Å²) in [5.41, 5.74) is 1.76. The molecule has 0 amide bonds. The normalized spacial score (nSPS) is 20.2. The number of hydrogen-bond acceptors (Lipinski definition) is 2. The van der Waals surface area contributed by atoms with E-state index in [2.05, 4.69) is 0 Å². The predicted octanol–water partition coefficient (Wildman–Crippen LogP) is 2.67. The molecule has 0 saturated carbocycles. The van der Waals surface area contributed by atoms with Crippen LogP contribution in [-0.2, 0) is 16.0 Å². The first-order chi connectivity index (χ1) is 8.16. The van der Waals surface area contributed by atoms with Crippen molar-refractivity contribution in [2.24, 2.45) is 5.92 Å². The van der Waals surface area contributed by atoms with Crippen molar-refractivity contribution in [1.82, 2.24) is 0 Å². The molecule has 1 aromatic rings. The first kappa shape index (κ1) is 12.2. The molecule has 0 aromatic heterocycles. The molecular weight excluding hydrogens is 219 g/mol. The number of aryl methyl sites for hydroxylation is 1. The van der Waals surface area contributed by atoms with Gasteiger partial charge in [-0.25, -0.2) is 4.39 Å². The van der Waals surface area contributed by atoms with Crippen molar-refractivity contribution in [1.29, 1.82) is 0 Å². The van der Waals surface area contributed by atoms with Gasteiger partial charge in [0.15, 0.2) is 0 Å². The Balaban J connectivity index is 2.04. The number of hydrogen-bond donors (Lipinski definition) is 0. The maximum absolute atomic E-state index is 13.1. The maximum atomic E-state index is 13.1. The Labute approximate surface area is 101 Å². The average Bonchev–Trinajstić information content (AvgIpc) is 2.35. The lowest BCUT2D eigenvalue weighted by Gasteiger charge is -2.21. The molecular formula is C14H17FO2. The first-order valence-electron chi connectivity index (χ1n) is 6.02. The predicted molar refractivity (Wildman–Crippen MR) is 63.4 cm³/mol. The third-order valence-corrected chi connectivity index (χ3v) is 3.29. The van der Waals surface area contributed by atoms with Crippen LogP contribution in [0.4, 0.5) is 4.39 Å². The van der Waals surface area contributed by atoms with Crippen molar-refractivity contribution in [3.63, 3.8) is 0 Å². The van der Waals surface area contributed by atoms with E-state index in [9.17, 15) is 9.18 Å². The van der Waals surface area contributed by atoms with Crippen LogP contribution in [0.2, 0.25) is 0 Å². The number of ether oxygens (including phenoxy) is 1. The van der Waals surface area contributed by atoms with Gasteiger partial charge in [0.05, 0.1) is 6.61 Å². The number of ketones is 1. The number of carbonyl (C=O) groups excluding carboxylic acids is 1. The summed E-state index contributed by atoms with van der Waals surface area (Å²) in [6, 6.07) is 4.60. The second kappa shape index (κ2) is 5.41. The molecule has 0 N–H and O–H groups in total. The molecule has 0 bridgehead atoms. The summed E-state index contributed by atoms with van der Waals surface area (Å²) in [6.07, 6.45) is 2.16. The van der Waals surface area contributed by atoms with E-state index < -0.39 is 0 Å². The third kappa shape index (κ3) is 3.13. The zero-order chi connectivity index (χ0) is 12.3. The van der Waals surface area contributed by atoms with Crippen LogP contribution >= 0.6 is 0 Å². The van der Waals surface area contributed by atoms with Crippen LogP contribution in [0.1, 0.15) is 24.0 Å². The van der Waals surface area contributed by atoms with E-state index in [4.69, 9.17) is 4.74 Å².